The molecule has 0 radical (unpaired) electrons. The summed E-state index contributed by atoms with van der Waals surface area (Å²) in [4.78, 5) is 32.6. The van der Waals surface area contributed by atoms with Crippen molar-refractivity contribution in [2.45, 2.75) is 33.2 Å². The fourth-order valence-corrected chi connectivity index (χ4v) is 3.56. The smallest absolute Gasteiger partial charge is 0.269 e. The van der Waals surface area contributed by atoms with Crippen molar-refractivity contribution in [3.63, 3.8) is 0 Å². The first kappa shape index (κ1) is 24.2. The number of H-pyrrole nitrogens is 1. The number of hydrogen-bond acceptors (Lipinski definition) is 8. The average molecular weight is 454 g/mol. The van der Waals surface area contributed by atoms with Crippen molar-refractivity contribution < 1.29 is 9.53 Å². The summed E-state index contributed by atoms with van der Waals surface area (Å²) in [7, 11) is 0. The summed E-state index contributed by atoms with van der Waals surface area (Å²) in [6, 6.07) is 5.65. The molecule has 0 aliphatic carbocycles. The van der Waals surface area contributed by atoms with E-state index in [-0.39, 0.29) is 23.4 Å². The van der Waals surface area contributed by atoms with E-state index in [2.05, 4.69) is 45.3 Å². The van der Waals surface area contributed by atoms with Crippen molar-refractivity contribution in [2.75, 3.05) is 49.6 Å². The van der Waals surface area contributed by atoms with Gasteiger partial charge in [0.05, 0.1) is 43.1 Å². The van der Waals surface area contributed by atoms with Crippen LogP contribution >= 0.6 is 0 Å². The summed E-state index contributed by atoms with van der Waals surface area (Å²) in [5.41, 5.74) is 1.59. The van der Waals surface area contributed by atoms with Gasteiger partial charge in [-0.05, 0) is 25.0 Å². The maximum atomic E-state index is 12.6. The van der Waals surface area contributed by atoms with Gasteiger partial charge >= 0.3 is 0 Å². The van der Waals surface area contributed by atoms with Crippen LogP contribution in [0.2, 0.25) is 0 Å². The first-order valence-electron chi connectivity index (χ1n) is 11.2. The Kier molecular flexibility index (Phi) is 8.38. The molecule has 1 saturated heterocycles. The second-order valence-corrected chi connectivity index (χ2v) is 8.44. The maximum Gasteiger partial charge on any atom is 0.269 e. The number of anilines is 2. The van der Waals surface area contributed by atoms with Crippen LogP contribution in [0.1, 0.15) is 31.4 Å². The van der Waals surface area contributed by atoms with Gasteiger partial charge in [0.2, 0.25) is 5.91 Å². The van der Waals surface area contributed by atoms with Gasteiger partial charge in [0.15, 0.2) is 0 Å². The molecule has 33 heavy (non-hydrogen) atoms. The minimum Gasteiger partial charge on any atom is -0.379 e. The number of nitrogens with zero attached hydrogens (tertiary/aromatic N) is 5. The van der Waals surface area contributed by atoms with E-state index in [0.29, 0.717) is 62.6 Å². The Labute approximate surface area is 193 Å². The molecule has 10 nitrogen and oxygen atoms in total. The highest BCUT2D eigenvalue weighted by molar-refractivity contribution is 5.76. The Bertz CT molecular complexity index is 1020. The highest BCUT2D eigenvalue weighted by Gasteiger charge is 2.22. The summed E-state index contributed by atoms with van der Waals surface area (Å²) in [5.74, 6) is 1.16. The number of pyridine rings is 1. The molecule has 3 heterocycles. The lowest BCUT2D eigenvalue weighted by Crippen LogP contribution is -2.49. The zero-order valence-electron chi connectivity index (χ0n) is 19.4. The molecule has 1 atom stereocenters. The molecule has 0 saturated carbocycles. The largest absolute Gasteiger partial charge is 0.379 e. The van der Waals surface area contributed by atoms with Crippen molar-refractivity contribution in [2.24, 2.45) is 5.92 Å². The molecular weight excluding hydrogens is 422 g/mol. The van der Waals surface area contributed by atoms with E-state index in [0.717, 1.165) is 5.82 Å². The third kappa shape index (κ3) is 6.52. The van der Waals surface area contributed by atoms with Gasteiger partial charge in [-0.1, -0.05) is 13.8 Å². The Morgan fingerprint density at radius 2 is 2.03 bits per heavy atom. The van der Waals surface area contributed by atoms with Crippen LogP contribution in [0.15, 0.2) is 29.3 Å². The number of piperazine rings is 1. The number of nitriles is 1. The SMILES string of the molecule is Cc1c(N[C@H](COCCC(=O)N2CCN(c3ccc(C#N)cn3)CC2)C(C)C)cn[nH]c1=O. The normalized spacial score (nSPS) is 14.8. The molecule has 1 aliphatic heterocycles. The highest BCUT2D eigenvalue weighted by Crippen LogP contribution is 2.16. The van der Waals surface area contributed by atoms with E-state index in [9.17, 15) is 9.59 Å². The van der Waals surface area contributed by atoms with Gasteiger partial charge in [0, 0.05) is 37.9 Å². The molecule has 1 amide bonds. The zero-order chi connectivity index (χ0) is 23.8. The van der Waals surface area contributed by atoms with Crippen LogP contribution in [0.5, 0.6) is 0 Å². The summed E-state index contributed by atoms with van der Waals surface area (Å²) in [5, 5.41) is 18.5. The minimum absolute atomic E-state index is 0.00846. The standard InChI is InChI=1S/C23H31N7O3/c1-16(2)20(27-19-14-26-28-23(32)17(19)3)15-33-11-6-22(31)30-9-7-29(8-10-30)21-5-4-18(12-24)13-25-21/h4-5,13-14,16,20H,6-11,15H2,1-3H3,(H2,27,28,32)/t20-/m1/s1. The number of amides is 1. The molecule has 10 heteroatoms. The van der Waals surface area contributed by atoms with Crippen LogP contribution in [0.3, 0.4) is 0 Å². The Morgan fingerprint density at radius 1 is 1.27 bits per heavy atom. The molecule has 1 fully saturated rings. The molecule has 3 rings (SSSR count). The van der Waals surface area contributed by atoms with E-state index < -0.39 is 0 Å². The van der Waals surface area contributed by atoms with Crippen molar-refractivity contribution in [1.82, 2.24) is 20.1 Å². The lowest BCUT2D eigenvalue weighted by molar-refractivity contribution is -0.132. The van der Waals surface area contributed by atoms with Crippen LogP contribution in [0.25, 0.3) is 0 Å². The first-order chi connectivity index (χ1) is 15.9. The molecule has 1 aliphatic rings. The van der Waals surface area contributed by atoms with Crippen molar-refractivity contribution in [3.8, 4) is 6.07 Å². The maximum absolute atomic E-state index is 12.6. The van der Waals surface area contributed by atoms with E-state index in [4.69, 9.17) is 10.00 Å². The average Bonchev–Trinajstić information content (AvgIpc) is 2.83. The number of nitrogens with one attached hydrogen (secondary N) is 2. The van der Waals surface area contributed by atoms with Gasteiger partial charge in [-0.3, -0.25) is 9.59 Å². The third-order valence-corrected chi connectivity index (χ3v) is 5.84. The molecule has 0 spiro atoms. The highest BCUT2D eigenvalue weighted by atomic mass is 16.5. The zero-order valence-corrected chi connectivity index (χ0v) is 19.4. The van der Waals surface area contributed by atoms with Gasteiger partial charge in [0.1, 0.15) is 11.9 Å². The fraction of sp³-hybridized carbons (Fsp3) is 0.522. The number of ether oxygens (including phenoxy) is 1. The predicted molar refractivity (Wildman–Crippen MR) is 125 cm³/mol. The number of rotatable bonds is 9. The topological polar surface area (TPSA) is 127 Å². The molecule has 0 aromatic carbocycles. The van der Waals surface area contributed by atoms with Gasteiger partial charge in [-0.2, -0.15) is 10.4 Å². The second-order valence-electron chi connectivity index (χ2n) is 8.44. The number of carbonyl (C=O) groups is 1. The monoisotopic (exact) mass is 453 g/mol. The predicted octanol–water partition coefficient (Wildman–Crippen LogP) is 1.54. The Hall–Kier alpha value is -3.45. The van der Waals surface area contributed by atoms with Crippen molar-refractivity contribution in [1.29, 1.82) is 5.26 Å². The van der Waals surface area contributed by atoms with Crippen LogP contribution in [-0.4, -0.2) is 71.4 Å². The van der Waals surface area contributed by atoms with E-state index >= 15 is 0 Å². The lowest BCUT2D eigenvalue weighted by atomic mass is 10.0. The van der Waals surface area contributed by atoms with Crippen LogP contribution < -0.4 is 15.8 Å². The molecule has 2 N–H and O–H groups in total. The Balaban J connectivity index is 1.41. The summed E-state index contributed by atoms with van der Waals surface area (Å²) in [6.45, 7) is 9.33. The van der Waals surface area contributed by atoms with Crippen molar-refractivity contribution >= 4 is 17.4 Å². The molecule has 2 aromatic heterocycles. The number of carbonyl (C=O) groups excluding carboxylic acids is 1. The second kappa shape index (κ2) is 11.4. The van der Waals surface area contributed by atoms with Crippen molar-refractivity contribution in [3.05, 3.63) is 46.0 Å². The minimum atomic E-state index is -0.218. The Morgan fingerprint density at radius 3 is 2.67 bits per heavy atom. The van der Waals surface area contributed by atoms with Gasteiger partial charge < -0.3 is 19.9 Å². The van der Waals surface area contributed by atoms with Gasteiger partial charge in [0.25, 0.3) is 5.56 Å². The molecular formula is C23H31N7O3. The number of aromatic nitrogens is 3. The summed E-state index contributed by atoms with van der Waals surface area (Å²) < 4.78 is 5.81. The van der Waals surface area contributed by atoms with Crippen LogP contribution in [0.4, 0.5) is 11.5 Å². The third-order valence-electron chi connectivity index (χ3n) is 5.84. The first-order valence-corrected chi connectivity index (χ1v) is 11.2. The number of aromatic amines is 1. The van der Waals surface area contributed by atoms with E-state index in [1.54, 1.807) is 25.4 Å². The van der Waals surface area contributed by atoms with E-state index in [1.165, 1.54) is 0 Å². The lowest BCUT2D eigenvalue weighted by Gasteiger charge is -2.35. The van der Waals surface area contributed by atoms with Gasteiger partial charge in [-0.15, -0.1) is 0 Å². The van der Waals surface area contributed by atoms with E-state index in [1.807, 2.05) is 11.0 Å². The van der Waals surface area contributed by atoms with Gasteiger partial charge in [-0.25, -0.2) is 10.1 Å². The van der Waals surface area contributed by atoms with Crippen LogP contribution in [0, 0.1) is 24.2 Å². The molecule has 2 aromatic rings. The molecule has 0 unspecified atom stereocenters. The molecule has 0 bridgehead atoms. The fourth-order valence-electron chi connectivity index (χ4n) is 3.56. The number of hydrogen-bond donors (Lipinski definition) is 2. The summed E-state index contributed by atoms with van der Waals surface area (Å²) >= 11 is 0. The molecule has 176 valence electrons. The quantitative estimate of drug-likeness (QED) is 0.547. The van der Waals surface area contributed by atoms with Crippen LogP contribution in [-0.2, 0) is 9.53 Å². The summed E-state index contributed by atoms with van der Waals surface area (Å²) in [6.07, 6.45) is 3.49.